The van der Waals surface area contributed by atoms with Crippen molar-refractivity contribution in [3.8, 4) is 17.6 Å². The first-order chi connectivity index (χ1) is 21.0. The number of halogens is 1. The number of carbonyl (C=O) groups is 2. The van der Waals surface area contributed by atoms with Crippen LogP contribution in [-0.4, -0.2) is 54.9 Å². The zero-order valence-corrected chi connectivity index (χ0v) is 26.0. The molecule has 4 aromatic rings. The normalized spacial score (nSPS) is 15.8. The highest BCUT2D eigenvalue weighted by atomic mass is 127. The van der Waals surface area contributed by atoms with E-state index in [4.69, 9.17) is 14.2 Å². The zero-order chi connectivity index (χ0) is 29.7. The van der Waals surface area contributed by atoms with Crippen LogP contribution in [0.4, 0.5) is 27.5 Å². The molecule has 3 aliphatic rings. The number of hydrogen-bond acceptors (Lipinski definition) is 9. The third-order valence-corrected chi connectivity index (χ3v) is 9.56. The van der Waals surface area contributed by atoms with Gasteiger partial charge in [0.1, 0.15) is 21.5 Å². The van der Waals surface area contributed by atoms with Gasteiger partial charge >= 0.3 is 6.03 Å². The molecular formula is C30H25IN6O5S. The first-order valence-corrected chi connectivity index (χ1v) is 16.0. The van der Waals surface area contributed by atoms with Gasteiger partial charge in [0, 0.05) is 29.7 Å². The number of fused-ring (bicyclic) bond motifs is 1. The number of nitrogens with one attached hydrogen (secondary N) is 2. The average Bonchev–Trinajstić information content (AvgIpc) is 3.64. The Labute approximate surface area is 264 Å². The fourth-order valence-electron chi connectivity index (χ4n) is 5.59. The van der Waals surface area contributed by atoms with Crippen molar-refractivity contribution in [2.45, 2.75) is 17.9 Å². The molecule has 7 rings (SSSR count). The third kappa shape index (κ3) is 4.84. The van der Waals surface area contributed by atoms with Crippen molar-refractivity contribution in [2.75, 3.05) is 48.6 Å². The van der Waals surface area contributed by atoms with Crippen molar-refractivity contribution in [1.82, 2.24) is 9.88 Å². The maximum atomic E-state index is 13.9. The molecule has 0 atom stereocenters. The van der Waals surface area contributed by atoms with E-state index in [-0.39, 0.29) is 18.3 Å². The van der Waals surface area contributed by atoms with E-state index < -0.39 is 6.03 Å². The molecule has 3 amide bonds. The second kappa shape index (κ2) is 11.3. The van der Waals surface area contributed by atoms with Crippen LogP contribution >= 0.6 is 33.9 Å². The number of rotatable bonds is 6. The minimum Gasteiger partial charge on any atom is -0.454 e. The SMILES string of the molecule is Cc1nc2sc(C(=O)Nc3ccc(CN4CCOCC4)cc3)c3c2c(c1C#N)N(c1c(CI)ccc2c1OCO2)C(=O)N3. The number of anilines is 4. The highest BCUT2D eigenvalue weighted by Gasteiger charge is 2.39. The second-order valence-corrected chi connectivity index (χ2v) is 12.0. The number of nitrogens with zero attached hydrogens (tertiary/aromatic N) is 4. The van der Waals surface area contributed by atoms with E-state index in [0.29, 0.717) is 59.5 Å². The van der Waals surface area contributed by atoms with E-state index in [1.165, 1.54) is 16.2 Å². The minimum absolute atomic E-state index is 0.0284. The summed E-state index contributed by atoms with van der Waals surface area (Å²) >= 11 is 3.40. The van der Waals surface area contributed by atoms with Gasteiger partial charge < -0.3 is 24.8 Å². The van der Waals surface area contributed by atoms with Crippen molar-refractivity contribution in [2.24, 2.45) is 0 Å². The Bertz CT molecular complexity index is 1830. The van der Waals surface area contributed by atoms with E-state index in [2.05, 4.69) is 49.2 Å². The largest absolute Gasteiger partial charge is 0.454 e. The minimum atomic E-state index is -0.509. The Morgan fingerprint density at radius 2 is 1.95 bits per heavy atom. The lowest BCUT2D eigenvalue weighted by atomic mass is 10.0. The molecule has 0 saturated carbocycles. The standard InChI is InChI=1S/C30H25IN6O5S/c1-16-20(13-32)25-22-23(35-30(39)37(25)24-18(12-31)4-7-21-26(24)42-15-41-21)27(43-29(22)33-16)28(38)34-19-5-2-17(3-6-19)14-36-8-10-40-11-9-36/h2-7H,8-12,14-15H2,1H3,(H,34,38)(H,35,39). The predicted molar refractivity (Wildman–Crippen MR) is 171 cm³/mol. The summed E-state index contributed by atoms with van der Waals surface area (Å²) in [6.07, 6.45) is 0. The van der Waals surface area contributed by atoms with Crippen LogP contribution in [0, 0.1) is 18.3 Å². The quantitative estimate of drug-likeness (QED) is 0.187. The van der Waals surface area contributed by atoms with E-state index in [1.807, 2.05) is 36.4 Å². The molecule has 2 N–H and O–H groups in total. The fourth-order valence-corrected chi connectivity index (χ4v) is 7.28. The van der Waals surface area contributed by atoms with Gasteiger partial charge in [-0.25, -0.2) is 9.78 Å². The van der Waals surface area contributed by atoms with Crippen molar-refractivity contribution in [1.29, 1.82) is 5.26 Å². The molecule has 1 saturated heterocycles. The summed E-state index contributed by atoms with van der Waals surface area (Å²) in [4.78, 5) is 36.9. The molecule has 0 radical (unpaired) electrons. The summed E-state index contributed by atoms with van der Waals surface area (Å²) in [6.45, 7) is 5.84. The van der Waals surface area contributed by atoms with Gasteiger partial charge in [-0.15, -0.1) is 11.3 Å². The van der Waals surface area contributed by atoms with Crippen molar-refractivity contribution >= 4 is 78.8 Å². The molecule has 0 bridgehead atoms. The van der Waals surface area contributed by atoms with Crippen LogP contribution in [0.3, 0.4) is 0 Å². The summed E-state index contributed by atoms with van der Waals surface area (Å²) in [5.41, 5.74) is 4.54. The molecule has 13 heteroatoms. The van der Waals surface area contributed by atoms with Gasteiger partial charge in [0.15, 0.2) is 11.5 Å². The van der Waals surface area contributed by atoms with Gasteiger partial charge in [-0.2, -0.15) is 5.26 Å². The number of ether oxygens (including phenoxy) is 3. The topological polar surface area (TPSA) is 129 Å². The number of pyridine rings is 1. The summed E-state index contributed by atoms with van der Waals surface area (Å²) in [6, 6.07) is 13.2. The number of alkyl halides is 1. The first-order valence-electron chi connectivity index (χ1n) is 13.6. The Morgan fingerprint density at radius 1 is 1.16 bits per heavy atom. The van der Waals surface area contributed by atoms with E-state index >= 15 is 0 Å². The van der Waals surface area contributed by atoms with Crippen LogP contribution in [0.25, 0.3) is 10.2 Å². The molecule has 0 spiro atoms. The summed E-state index contributed by atoms with van der Waals surface area (Å²) in [5.74, 6) is 0.577. The number of hydrogen-bond donors (Lipinski definition) is 2. The number of aryl methyl sites for hydroxylation is 1. The van der Waals surface area contributed by atoms with Gasteiger partial charge in [-0.3, -0.25) is 14.6 Å². The van der Waals surface area contributed by atoms with Crippen LogP contribution in [0.1, 0.15) is 32.1 Å². The van der Waals surface area contributed by atoms with Gasteiger partial charge in [-0.1, -0.05) is 40.8 Å². The summed E-state index contributed by atoms with van der Waals surface area (Å²) < 4.78 is 17.4. The van der Waals surface area contributed by atoms with E-state index in [0.717, 1.165) is 44.0 Å². The predicted octanol–water partition coefficient (Wildman–Crippen LogP) is 5.91. The van der Waals surface area contributed by atoms with Crippen LogP contribution in [0.5, 0.6) is 11.5 Å². The lowest BCUT2D eigenvalue weighted by molar-refractivity contribution is 0.0342. The first kappa shape index (κ1) is 27.8. The Kier molecular flexibility index (Phi) is 7.29. The van der Waals surface area contributed by atoms with Crippen LogP contribution in [-0.2, 0) is 15.7 Å². The molecule has 218 valence electrons. The summed E-state index contributed by atoms with van der Waals surface area (Å²) in [7, 11) is 0. The molecule has 43 heavy (non-hydrogen) atoms. The number of aromatic nitrogens is 1. The van der Waals surface area contributed by atoms with Crippen LogP contribution in [0.2, 0.25) is 0 Å². The monoisotopic (exact) mass is 708 g/mol. The third-order valence-electron chi connectivity index (χ3n) is 7.66. The lowest BCUT2D eigenvalue weighted by Gasteiger charge is -2.31. The highest BCUT2D eigenvalue weighted by molar-refractivity contribution is 14.1. The molecule has 0 unspecified atom stereocenters. The maximum Gasteiger partial charge on any atom is 0.331 e. The number of morpholine rings is 1. The van der Waals surface area contributed by atoms with Gasteiger partial charge in [-0.05, 0) is 36.2 Å². The van der Waals surface area contributed by atoms with Crippen LogP contribution in [0.15, 0.2) is 36.4 Å². The van der Waals surface area contributed by atoms with E-state index in [9.17, 15) is 14.9 Å². The van der Waals surface area contributed by atoms with Gasteiger partial charge in [0.2, 0.25) is 6.79 Å². The molecule has 1 fully saturated rings. The second-order valence-electron chi connectivity index (χ2n) is 10.3. The zero-order valence-electron chi connectivity index (χ0n) is 23.0. The number of amides is 3. The number of nitriles is 1. The molecular weight excluding hydrogens is 683 g/mol. The Morgan fingerprint density at radius 3 is 2.70 bits per heavy atom. The number of urea groups is 1. The number of benzene rings is 2. The van der Waals surface area contributed by atoms with E-state index in [1.54, 1.807) is 6.92 Å². The maximum absolute atomic E-state index is 13.9. The van der Waals surface area contributed by atoms with Crippen molar-refractivity contribution < 1.29 is 23.8 Å². The van der Waals surface area contributed by atoms with Crippen molar-refractivity contribution in [3.63, 3.8) is 0 Å². The highest BCUT2D eigenvalue weighted by Crippen LogP contribution is 2.53. The summed E-state index contributed by atoms with van der Waals surface area (Å²) in [5, 5.41) is 16.7. The van der Waals surface area contributed by atoms with Gasteiger partial charge in [0.05, 0.1) is 41.2 Å². The molecule has 2 aromatic heterocycles. The average molecular weight is 709 g/mol. The molecule has 5 heterocycles. The van der Waals surface area contributed by atoms with Crippen molar-refractivity contribution in [3.05, 3.63) is 63.7 Å². The molecule has 3 aliphatic heterocycles. The molecule has 2 aromatic carbocycles. The Balaban J connectivity index is 1.27. The van der Waals surface area contributed by atoms with Crippen LogP contribution < -0.4 is 25.0 Å². The molecule has 11 nitrogen and oxygen atoms in total. The number of carbonyl (C=O) groups excluding carboxylic acids is 2. The smallest absolute Gasteiger partial charge is 0.331 e. The Hall–Kier alpha value is -3.97. The van der Waals surface area contributed by atoms with Gasteiger partial charge in [0.25, 0.3) is 5.91 Å². The lowest BCUT2D eigenvalue weighted by Crippen LogP contribution is -2.36. The fraction of sp³-hybridized carbons (Fsp3) is 0.267. The number of thiophene rings is 1. The molecule has 0 aliphatic carbocycles.